The molecule has 0 aromatic heterocycles. The molecule has 0 aliphatic heterocycles. The third-order valence-corrected chi connectivity index (χ3v) is 7.57. The molecule has 0 spiro atoms. The zero-order valence-electron chi connectivity index (χ0n) is 25.3. The SMILES string of the molecule is CCCCCCCCCCCCCC/C=C/C(O)C(CO)NC(=O)CC(O)CCCCCCCCCCC. The van der Waals surface area contributed by atoms with Gasteiger partial charge in [0.2, 0.25) is 5.91 Å². The summed E-state index contributed by atoms with van der Waals surface area (Å²) in [6.45, 7) is 4.16. The van der Waals surface area contributed by atoms with Gasteiger partial charge in [-0.3, -0.25) is 4.79 Å². The zero-order chi connectivity index (χ0) is 28.1. The zero-order valence-corrected chi connectivity index (χ0v) is 25.3. The predicted octanol–water partition coefficient (Wildman–Crippen LogP) is 8.14. The van der Waals surface area contributed by atoms with E-state index in [1.54, 1.807) is 6.08 Å². The Kier molecular flexibility index (Phi) is 28.4. The number of aliphatic hydroxyl groups is 3. The number of amides is 1. The van der Waals surface area contributed by atoms with Crippen molar-refractivity contribution in [3.63, 3.8) is 0 Å². The molecule has 5 nitrogen and oxygen atoms in total. The van der Waals surface area contributed by atoms with Crippen molar-refractivity contribution in [3.8, 4) is 0 Å². The molecule has 0 fully saturated rings. The van der Waals surface area contributed by atoms with Crippen LogP contribution >= 0.6 is 0 Å². The molecule has 0 radical (unpaired) electrons. The second-order valence-electron chi connectivity index (χ2n) is 11.4. The fourth-order valence-corrected chi connectivity index (χ4v) is 4.98. The van der Waals surface area contributed by atoms with Gasteiger partial charge in [0, 0.05) is 0 Å². The number of carbonyl (C=O) groups excluding carboxylic acids is 1. The summed E-state index contributed by atoms with van der Waals surface area (Å²) in [5, 5.41) is 32.8. The van der Waals surface area contributed by atoms with Crippen molar-refractivity contribution in [1.82, 2.24) is 5.32 Å². The molecule has 0 aliphatic carbocycles. The highest BCUT2D eigenvalue weighted by atomic mass is 16.3. The van der Waals surface area contributed by atoms with Crippen LogP contribution in [0.5, 0.6) is 0 Å². The van der Waals surface area contributed by atoms with Crippen LogP contribution in [0.25, 0.3) is 0 Å². The lowest BCUT2D eigenvalue weighted by Crippen LogP contribution is -2.45. The van der Waals surface area contributed by atoms with E-state index < -0.39 is 18.2 Å². The van der Waals surface area contributed by atoms with E-state index in [0.29, 0.717) is 6.42 Å². The van der Waals surface area contributed by atoms with E-state index in [-0.39, 0.29) is 18.9 Å². The Labute approximate surface area is 236 Å². The van der Waals surface area contributed by atoms with Gasteiger partial charge in [-0.15, -0.1) is 0 Å². The molecule has 0 aliphatic rings. The first-order valence-electron chi connectivity index (χ1n) is 16.5. The highest BCUT2D eigenvalue weighted by Gasteiger charge is 2.20. The fourth-order valence-electron chi connectivity index (χ4n) is 4.98. The normalized spacial score (nSPS) is 14.1. The van der Waals surface area contributed by atoms with Crippen LogP contribution < -0.4 is 5.32 Å². The summed E-state index contributed by atoms with van der Waals surface area (Å²) in [6.07, 6.45) is 30.4. The fraction of sp³-hybridized carbons (Fsp3) is 0.909. The Morgan fingerprint density at radius 3 is 1.53 bits per heavy atom. The second kappa shape index (κ2) is 29.1. The standard InChI is InChI=1S/C33H65NO4/c1-3-5-7-9-11-13-14-15-16-17-19-21-23-25-27-32(37)31(29-35)34-33(38)28-30(36)26-24-22-20-18-12-10-8-6-4-2/h25,27,30-32,35-37H,3-24,26,28-29H2,1-2H3,(H,34,38)/b27-25+. The van der Waals surface area contributed by atoms with Crippen LogP contribution in [0.1, 0.15) is 168 Å². The first kappa shape index (κ1) is 37.1. The lowest BCUT2D eigenvalue weighted by atomic mass is 10.0. The van der Waals surface area contributed by atoms with Crippen molar-refractivity contribution in [2.45, 2.75) is 186 Å². The summed E-state index contributed by atoms with van der Waals surface area (Å²) in [4.78, 5) is 12.3. The third kappa shape index (κ3) is 25.4. The van der Waals surface area contributed by atoms with E-state index in [4.69, 9.17) is 0 Å². The van der Waals surface area contributed by atoms with Crippen molar-refractivity contribution in [3.05, 3.63) is 12.2 Å². The van der Waals surface area contributed by atoms with E-state index in [9.17, 15) is 20.1 Å². The van der Waals surface area contributed by atoms with Crippen LogP contribution in [0, 0.1) is 0 Å². The summed E-state index contributed by atoms with van der Waals surface area (Å²) in [5.41, 5.74) is 0. The molecular weight excluding hydrogens is 474 g/mol. The highest BCUT2D eigenvalue weighted by molar-refractivity contribution is 5.76. The molecule has 0 heterocycles. The number of nitrogens with one attached hydrogen (secondary N) is 1. The average Bonchev–Trinajstić information content (AvgIpc) is 2.90. The minimum Gasteiger partial charge on any atom is -0.394 e. The summed E-state index contributed by atoms with van der Waals surface area (Å²) in [6, 6.07) is -0.736. The van der Waals surface area contributed by atoms with Gasteiger partial charge in [0.1, 0.15) is 0 Å². The summed E-state index contributed by atoms with van der Waals surface area (Å²) >= 11 is 0. The number of unbranched alkanes of at least 4 members (excludes halogenated alkanes) is 20. The van der Waals surface area contributed by atoms with Gasteiger partial charge >= 0.3 is 0 Å². The molecule has 1 amide bonds. The van der Waals surface area contributed by atoms with Crippen LogP contribution in [-0.4, -0.2) is 46.1 Å². The van der Waals surface area contributed by atoms with Gasteiger partial charge in [-0.1, -0.05) is 154 Å². The Hall–Kier alpha value is -0.910. The van der Waals surface area contributed by atoms with Gasteiger partial charge in [0.05, 0.1) is 31.3 Å². The Morgan fingerprint density at radius 1 is 0.658 bits per heavy atom. The van der Waals surface area contributed by atoms with Crippen molar-refractivity contribution in [2.24, 2.45) is 0 Å². The highest BCUT2D eigenvalue weighted by Crippen LogP contribution is 2.14. The van der Waals surface area contributed by atoms with Gasteiger partial charge in [0.25, 0.3) is 0 Å². The maximum atomic E-state index is 12.3. The maximum absolute atomic E-state index is 12.3. The molecule has 226 valence electrons. The van der Waals surface area contributed by atoms with Gasteiger partial charge < -0.3 is 20.6 Å². The number of hydrogen-bond acceptors (Lipinski definition) is 4. The van der Waals surface area contributed by atoms with Gasteiger partial charge in [0.15, 0.2) is 0 Å². The Morgan fingerprint density at radius 2 is 1.08 bits per heavy atom. The van der Waals surface area contributed by atoms with Crippen LogP contribution in [0.4, 0.5) is 0 Å². The molecule has 3 atom stereocenters. The Balaban J connectivity index is 3.78. The Bertz CT molecular complexity index is 525. The topological polar surface area (TPSA) is 89.8 Å². The quantitative estimate of drug-likeness (QED) is 0.0570. The summed E-state index contributed by atoms with van der Waals surface area (Å²) in [7, 11) is 0. The number of hydrogen-bond donors (Lipinski definition) is 4. The molecular formula is C33H65NO4. The lowest BCUT2D eigenvalue weighted by molar-refractivity contribution is -0.124. The van der Waals surface area contributed by atoms with Crippen LogP contribution in [0.15, 0.2) is 12.2 Å². The van der Waals surface area contributed by atoms with Crippen molar-refractivity contribution in [1.29, 1.82) is 0 Å². The molecule has 0 aromatic rings. The number of rotatable bonds is 29. The minimum atomic E-state index is -0.921. The summed E-state index contributed by atoms with van der Waals surface area (Å²) in [5.74, 6) is -0.319. The van der Waals surface area contributed by atoms with E-state index in [2.05, 4.69) is 19.2 Å². The lowest BCUT2D eigenvalue weighted by Gasteiger charge is -2.21. The van der Waals surface area contributed by atoms with E-state index in [1.165, 1.54) is 116 Å². The minimum absolute atomic E-state index is 0.0167. The number of aliphatic hydroxyl groups excluding tert-OH is 3. The molecule has 0 bridgehead atoms. The monoisotopic (exact) mass is 539 g/mol. The van der Waals surface area contributed by atoms with Gasteiger partial charge in [-0.05, 0) is 19.3 Å². The third-order valence-electron chi connectivity index (χ3n) is 7.57. The van der Waals surface area contributed by atoms with Crippen molar-refractivity contribution >= 4 is 5.91 Å². The van der Waals surface area contributed by atoms with Crippen LogP contribution in [0.2, 0.25) is 0 Å². The predicted molar refractivity (Wildman–Crippen MR) is 162 cm³/mol. The smallest absolute Gasteiger partial charge is 0.222 e. The number of allylic oxidation sites excluding steroid dienone is 1. The first-order valence-corrected chi connectivity index (χ1v) is 16.5. The molecule has 4 N–H and O–H groups in total. The maximum Gasteiger partial charge on any atom is 0.222 e. The van der Waals surface area contributed by atoms with E-state index in [1.807, 2.05) is 6.08 Å². The second-order valence-corrected chi connectivity index (χ2v) is 11.4. The first-order chi connectivity index (χ1) is 18.5. The van der Waals surface area contributed by atoms with Gasteiger partial charge in [-0.2, -0.15) is 0 Å². The molecule has 5 heteroatoms. The largest absolute Gasteiger partial charge is 0.394 e. The molecule has 0 saturated carbocycles. The molecule has 3 unspecified atom stereocenters. The van der Waals surface area contributed by atoms with E-state index in [0.717, 1.165) is 25.7 Å². The van der Waals surface area contributed by atoms with E-state index >= 15 is 0 Å². The van der Waals surface area contributed by atoms with Crippen LogP contribution in [-0.2, 0) is 4.79 Å². The number of carbonyl (C=O) groups is 1. The van der Waals surface area contributed by atoms with Gasteiger partial charge in [-0.25, -0.2) is 0 Å². The summed E-state index contributed by atoms with van der Waals surface area (Å²) < 4.78 is 0. The van der Waals surface area contributed by atoms with Crippen LogP contribution in [0.3, 0.4) is 0 Å². The molecule has 0 rings (SSSR count). The molecule has 38 heavy (non-hydrogen) atoms. The average molecular weight is 540 g/mol. The van der Waals surface area contributed by atoms with Crippen molar-refractivity contribution in [2.75, 3.05) is 6.61 Å². The molecule has 0 saturated heterocycles. The van der Waals surface area contributed by atoms with Crippen molar-refractivity contribution < 1.29 is 20.1 Å². The molecule has 0 aromatic carbocycles.